The number of aliphatic imine (C=N–C) groups is 1. The molecule has 41 heavy (non-hydrogen) atoms. The molecule has 0 saturated heterocycles. The lowest BCUT2D eigenvalue weighted by Gasteiger charge is -2.20. The molecule has 0 unspecified atom stereocenters. The van der Waals surface area contributed by atoms with E-state index in [-0.39, 0.29) is 11.4 Å². The molecule has 0 aliphatic carbocycles. The van der Waals surface area contributed by atoms with Gasteiger partial charge in [0.2, 0.25) is 5.17 Å². The molecule has 3 heterocycles. The van der Waals surface area contributed by atoms with Gasteiger partial charge >= 0.3 is 0 Å². The van der Waals surface area contributed by atoms with Gasteiger partial charge in [-0.15, -0.1) is 5.10 Å². The number of hydrogen-bond donors (Lipinski definition) is 1. The molecule has 2 aliphatic rings. The highest BCUT2D eigenvalue weighted by atomic mass is 32.2. The maximum absolute atomic E-state index is 13.1. The first kappa shape index (κ1) is 27.1. The number of rotatable bonds is 8. The maximum Gasteiger partial charge on any atom is 0.283 e. The average Bonchev–Trinajstić information content (AvgIpc) is 3.53. The molecule has 0 bridgehead atoms. The quantitative estimate of drug-likeness (QED) is 0.176. The van der Waals surface area contributed by atoms with Gasteiger partial charge in [0, 0.05) is 35.0 Å². The Morgan fingerprint density at radius 3 is 2.59 bits per heavy atom. The number of ether oxygens (including phenoxy) is 1. The molecule has 0 spiro atoms. The molecule has 2 aliphatic heterocycles. The van der Waals surface area contributed by atoms with Crippen LogP contribution in [0.5, 0.6) is 5.75 Å². The smallest absolute Gasteiger partial charge is 0.283 e. The van der Waals surface area contributed by atoms with Gasteiger partial charge < -0.3 is 9.30 Å². The minimum atomic E-state index is -0.420. The number of benzene rings is 3. The second-order valence-electron chi connectivity index (χ2n) is 9.98. The van der Waals surface area contributed by atoms with Gasteiger partial charge in [0.15, 0.2) is 10.2 Å². The van der Waals surface area contributed by atoms with Crippen molar-refractivity contribution in [3.8, 4) is 5.75 Å². The zero-order valence-corrected chi connectivity index (χ0v) is 24.5. The molecule has 206 valence electrons. The summed E-state index contributed by atoms with van der Waals surface area (Å²) in [6.07, 6.45) is 4.63. The summed E-state index contributed by atoms with van der Waals surface area (Å²) in [6.45, 7) is 5.51. The maximum atomic E-state index is 13.1. The van der Waals surface area contributed by atoms with E-state index in [0.29, 0.717) is 11.8 Å². The predicted octanol–water partition coefficient (Wildman–Crippen LogP) is 7.24. The largest absolute Gasteiger partial charge is 0.494 e. The van der Waals surface area contributed by atoms with E-state index in [4.69, 9.17) is 10.1 Å². The highest BCUT2D eigenvalue weighted by Gasteiger charge is 2.36. The molecule has 9 heteroatoms. The van der Waals surface area contributed by atoms with Crippen molar-refractivity contribution in [2.45, 2.75) is 32.6 Å². The summed E-state index contributed by atoms with van der Waals surface area (Å²) >= 11 is 2.91. The van der Waals surface area contributed by atoms with Gasteiger partial charge in [0.05, 0.1) is 12.2 Å². The van der Waals surface area contributed by atoms with E-state index in [1.54, 1.807) is 17.8 Å². The molecular weight excluding hydrogens is 551 g/mol. The lowest BCUT2D eigenvalue weighted by atomic mass is 10.1. The number of aryl methyl sites for hydroxylation is 3. The summed E-state index contributed by atoms with van der Waals surface area (Å²) in [5.74, 6) is 1.27. The molecule has 7 nitrogen and oxygen atoms in total. The molecule has 6 rings (SSSR count). The number of hydrogen-bond acceptors (Lipinski definition) is 6. The van der Waals surface area contributed by atoms with Gasteiger partial charge in [-0.25, -0.2) is 0 Å². The van der Waals surface area contributed by atoms with Crippen LogP contribution in [0, 0.1) is 19.3 Å². The summed E-state index contributed by atoms with van der Waals surface area (Å²) in [6, 6.07) is 24.5. The topological polar surface area (TPSA) is 83.0 Å². The molecule has 1 N–H and O–H groups in total. The van der Waals surface area contributed by atoms with Crippen LogP contribution < -0.4 is 4.74 Å². The number of amides is 1. The van der Waals surface area contributed by atoms with Gasteiger partial charge in [-0.05, 0) is 73.0 Å². The van der Waals surface area contributed by atoms with E-state index >= 15 is 0 Å². The summed E-state index contributed by atoms with van der Waals surface area (Å²) in [5.41, 5.74) is 5.74. The van der Waals surface area contributed by atoms with Crippen molar-refractivity contribution in [1.29, 1.82) is 5.41 Å². The number of hydrazone groups is 1. The Kier molecular flexibility index (Phi) is 7.80. The van der Waals surface area contributed by atoms with Gasteiger partial charge in [0.25, 0.3) is 5.91 Å². The zero-order chi connectivity index (χ0) is 28.3. The van der Waals surface area contributed by atoms with E-state index in [2.05, 4.69) is 64.9 Å². The van der Waals surface area contributed by atoms with E-state index in [0.717, 1.165) is 45.3 Å². The van der Waals surface area contributed by atoms with Crippen molar-refractivity contribution in [3.63, 3.8) is 0 Å². The Morgan fingerprint density at radius 1 is 1.02 bits per heavy atom. The van der Waals surface area contributed by atoms with Crippen LogP contribution >= 0.6 is 23.5 Å². The molecule has 1 amide bonds. The lowest BCUT2D eigenvalue weighted by Crippen LogP contribution is -2.35. The Labute approximate surface area is 247 Å². The number of fused-ring (bicyclic) bond motifs is 2. The van der Waals surface area contributed by atoms with Gasteiger partial charge in [-0.3, -0.25) is 10.2 Å². The molecule has 0 atom stereocenters. The number of carbonyl (C=O) groups excluding carboxylic acids is 1. The zero-order valence-electron chi connectivity index (χ0n) is 22.8. The number of nitrogens with one attached hydrogen (secondary N) is 1. The van der Waals surface area contributed by atoms with Crippen LogP contribution in [-0.4, -0.2) is 37.5 Å². The Bertz CT molecular complexity index is 1720. The first-order valence-electron chi connectivity index (χ1n) is 13.4. The summed E-state index contributed by atoms with van der Waals surface area (Å²) < 4.78 is 8.97. The van der Waals surface area contributed by atoms with Gasteiger partial charge in [-0.1, -0.05) is 66.4 Å². The van der Waals surface area contributed by atoms with E-state index < -0.39 is 5.91 Å². The minimum Gasteiger partial charge on any atom is -0.494 e. The molecule has 0 fully saturated rings. The first-order chi connectivity index (χ1) is 19.9. The normalized spacial score (nSPS) is 15.9. The van der Waals surface area contributed by atoms with E-state index in [9.17, 15) is 4.79 Å². The van der Waals surface area contributed by atoms with Crippen molar-refractivity contribution in [3.05, 3.63) is 107 Å². The molecule has 1 aromatic heterocycles. The first-order valence-corrected chi connectivity index (χ1v) is 15.2. The average molecular weight is 580 g/mol. The second kappa shape index (κ2) is 11.8. The molecule has 4 aromatic rings. The Balaban J connectivity index is 1.18. The van der Waals surface area contributed by atoms with Crippen molar-refractivity contribution in [2.75, 3.05) is 6.61 Å². The summed E-state index contributed by atoms with van der Waals surface area (Å²) in [5, 5.41) is 16.3. The third-order valence-corrected chi connectivity index (χ3v) is 8.88. The highest BCUT2D eigenvalue weighted by Crippen LogP contribution is 2.34. The number of aromatic nitrogens is 1. The summed E-state index contributed by atoms with van der Waals surface area (Å²) in [4.78, 5) is 17.3. The molecular formula is C32H29N5O2S2. The van der Waals surface area contributed by atoms with Crippen LogP contribution in [0.4, 0.5) is 0 Å². The molecule has 0 saturated carbocycles. The third-order valence-electron chi connectivity index (χ3n) is 6.77. The fourth-order valence-corrected chi connectivity index (χ4v) is 6.81. The van der Waals surface area contributed by atoms with Crippen LogP contribution in [0.1, 0.15) is 28.7 Å². The third kappa shape index (κ3) is 6.01. The van der Waals surface area contributed by atoms with Gasteiger partial charge in [-0.2, -0.15) is 10.0 Å². The number of nitrogens with zero attached hydrogens (tertiary/aromatic N) is 4. The van der Waals surface area contributed by atoms with Crippen molar-refractivity contribution < 1.29 is 9.53 Å². The van der Waals surface area contributed by atoms with Crippen LogP contribution in [0.15, 0.2) is 94.7 Å². The van der Waals surface area contributed by atoms with Crippen LogP contribution in [0.2, 0.25) is 0 Å². The Hall–Kier alpha value is -4.08. The van der Waals surface area contributed by atoms with Gasteiger partial charge in [0.1, 0.15) is 5.75 Å². The molecule has 3 aromatic carbocycles. The number of para-hydroxylation sites is 1. The fourth-order valence-electron chi connectivity index (χ4n) is 4.92. The predicted molar refractivity (Wildman–Crippen MR) is 171 cm³/mol. The highest BCUT2D eigenvalue weighted by molar-refractivity contribution is 8.45. The number of thioether (sulfide) groups is 2. The fraction of sp³-hybridized carbons (Fsp3) is 0.188. The lowest BCUT2D eigenvalue weighted by molar-refractivity contribution is -0.114. The van der Waals surface area contributed by atoms with Crippen molar-refractivity contribution in [2.24, 2.45) is 10.1 Å². The second-order valence-corrected chi connectivity index (χ2v) is 12.2. The standard InChI is InChI=1S/C32H29N5O2S2/c1-21-15-22(2)17-25(16-21)39-14-8-13-36-19-24(26-11-6-7-12-28(26)36)18-27-29(33)37-31(34-30(27)38)41-32(35-37)40-20-23-9-4-3-5-10-23/h3-7,9-12,15-19,33H,8,13-14,20H2,1-2H3/b27-18-,33-29?. The Morgan fingerprint density at radius 2 is 1.78 bits per heavy atom. The van der Waals surface area contributed by atoms with E-state index in [1.165, 1.54) is 33.5 Å². The minimum absolute atomic E-state index is 0.0430. The SMILES string of the molecule is Cc1cc(C)cc(OCCCn2cc(/C=C3/C(=N)N4N=C(SCc5ccccc5)SC4=NC3=O)c3ccccc32)c1. The van der Waals surface area contributed by atoms with Crippen LogP contribution in [0.3, 0.4) is 0 Å². The van der Waals surface area contributed by atoms with Crippen molar-refractivity contribution in [1.82, 2.24) is 9.58 Å². The summed E-state index contributed by atoms with van der Waals surface area (Å²) in [7, 11) is 0. The molecule has 0 radical (unpaired) electrons. The number of carbonyl (C=O) groups is 1. The van der Waals surface area contributed by atoms with Crippen LogP contribution in [-0.2, 0) is 17.1 Å². The van der Waals surface area contributed by atoms with Crippen LogP contribution in [0.25, 0.3) is 17.0 Å². The monoisotopic (exact) mass is 579 g/mol. The van der Waals surface area contributed by atoms with E-state index in [1.807, 2.05) is 42.6 Å². The number of amidine groups is 2. The van der Waals surface area contributed by atoms with Crippen molar-refractivity contribution >= 4 is 61.8 Å².